The average molecular weight is 260 g/mol. The molecule has 1 amide bonds. The van der Waals surface area contributed by atoms with E-state index in [1.165, 1.54) is 0 Å². The maximum atomic E-state index is 12.2. The number of carbonyl (C=O) groups is 2. The van der Waals surface area contributed by atoms with E-state index in [1.54, 1.807) is 11.8 Å². The number of carbonyl (C=O) groups excluding carboxylic acids is 2. The molecule has 0 spiro atoms. The van der Waals surface area contributed by atoms with Gasteiger partial charge in [0.15, 0.2) is 5.78 Å². The second-order valence-electron chi connectivity index (χ2n) is 4.91. The zero-order chi connectivity index (χ0) is 14.0. The Labute approximate surface area is 113 Å². The molecule has 1 heterocycles. The lowest BCUT2D eigenvalue weighted by Gasteiger charge is -2.15. The minimum Gasteiger partial charge on any atom is -0.312 e. The Hall–Kier alpha value is -1.68. The number of rotatable bonds is 4. The summed E-state index contributed by atoms with van der Waals surface area (Å²) in [5.74, 6) is 0.157. The first kappa shape index (κ1) is 13.7. The summed E-state index contributed by atoms with van der Waals surface area (Å²) in [4.78, 5) is 25.4. The number of likely N-dealkylation sites (N-methyl/N-ethyl adjacent to an activating group) is 1. The van der Waals surface area contributed by atoms with Gasteiger partial charge in [0.05, 0.1) is 6.04 Å². The van der Waals surface area contributed by atoms with Crippen molar-refractivity contribution >= 4 is 17.4 Å². The highest BCUT2D eigenvalue weighted by Crippen LogP contribution is 2.29. The van der Waals surface area contributed by atoms with Crippen molar-refractivity contribution in [3.63, 3.8) is 0 Å². The van der Waals surface area contributed by atoms with Gasteiger partial charge in [-0.05, 0) is 43.7 Å². The second kappa shape index (κ2) is 5.53. The van der Waals surface area contributed by atoms with Gasteiger partial charge in [-0.2, -0.15) is 0 Å². The predicted molar refractivity (Wildman–Crippen MR) is 75.6 cm³/mol. The van der Waals surface area contributed by atoms with E-state index in [0.29, 0.717) is 6.54 Å². The van der Waals surface area contributed by atoms with E-state index in [0.717, 1.165) is 29.8 Å². The van der Waals surface area contributed by atoms with Crippen LogP contribution in [-0.4, -0.2) is 30.8 Å². The largest absolute Gasteiger partial charge is 0.312 e. The van der Waals surface area contributed by atoms with Crippen LogP contribution in [0.2, 0.25) is 0 Å². The number of anilines is 1. The molecule has 102 valence electrons. The predicted octanol–water partition coefficient (Wildman–Crippen LogP) is 1.78. The first-order chi connectivity index (χ1) is 9.04. The fraction of sp³-hybridized carbons (Fsp3) is 0.467. The normalized spacial score (nSPS) is 15.2. The maximum absolute atomic E-state index is 12.2. The van der Waals surface area contributed by atoms with Crippen LogP contribution in [0.3, 0.4) is 0 Å². The Bertz CT molecular complexity index is 511. The topological polar surface area (TPSA) is 49.4 Å². The summed E-state index contributed by atoms with van der Waals surface area (Å²) < 4.78 is 0. The summed E-state index contributed by atoms with van der Waals surface area (Å²) in [6.07, 6.45) is 0.825. The van der Waals surface area contributed by atoms with Crippen LogP contribution in [0.25, 0.3) is 0 Å². The van der Waals surface area contributed by atoms with E-state index < -0.39 is 0 Å². The van der Waals surface area contributed by atoms with Crippen LogP contribution in [0.5, 0.6) is 0 Å². The molecule has 1 aliphatic rings. The molecule has 2 rings (SSSR count). The highest BCUT2D eigenvalue weighted by atomic mass is 16.2. The van der Waals surface area contributed by atoms with Gasteiger partial charge in [-0.15, -0.1) is 0 Å². The minimum atomic E-state index is -0.173. The Balaban J connectivity index is 2.23. The molecule has 0 bridgehead atoms. The Morgan fingerprint density at radius 2 is 2.16 bits per heavy atom. The molecule has 0 saturated heterocycles. The van der Waals surface area contributed by atoms with Gasteiger partial charge in [-0.3, -0.25) is 9.59 Å². The molecule has 0 fully saturated rings. The van der Waals surface area contributed by atoms with Crippen LogP contribution < -0.4 is 10.2 Å². The number of ketones is 1. The molecule has 0 saturated carbocycles. The van der Waals surface area contributed by atoms with Crippen molar-refractivity contribution in [1.82, 2.24) is 5.32 Å². The molecule has 0 radical (unpaired) electrons. The van der Waals surface area contributed by atoms with Crippen LogP contribution in [0.15, 0.2) is 18.2 Å². The van der Waals surface area contributed by atoms with Crippen molar-refractivity contribution < 1.29 is 9.59 Å². The fourth-order valence-corrected chi connectivity index (χ4v) is 2.53. The van der Waals surface area contributed by atoms with E-state index in [9.17, 15) is 9.59 Å². The second-order valence-corrected chi connectivity index (χ2v) is 4.91. The van der Waals surface area contributed by atoms with Crippen LogP contribution in [-0.2, 0) is 11.2 Å². The van der Waals surface area contributed by atoms with Gasteiger partial charge in [-0.1, -0.05) is 6.92 Å². The van der Waals surface area contributed by atoms with E-state index >= 15 is 0 Å². The first-order valence-corrected chi connectivity index (χ1v) is 6.73. The summed E-state index contributed by atoms with van der Waals surface area (Å²) in [5, 5.41) is 3.12. The number of nitrogens with zero attached hydrogens (tertiary/aromatic N) is 1. The number of benzene rings is 1. The zero-order valence-corrected chi connectivity index (χ0v) is 11.7. The van der Waals surface area contributed by atoms with Gasteiger partial charge in [0, 0.05) is 24.7 Å². The number of hydrogen-bond acceptors (Lipinski definition) is 3. The smallest absolute Gasteiger partial charge is 0.223 e. The Morgan fingerprint density at radius 1 is 1.42 bits per heavy atom. The van der Waals surface area contributed by atoms with Crippen molar-refractivity contribution in [1.29, 1.82) is 0 Å². The van der Waals surface area contributed by atoms with Crippen molar-refractivity contribution in [2.45, 2.75) is 33.2 Å². The van der Waals surface area contributed by atoms with Gasteiger partial charge in [0.25, 0.3) is 0 Å². The van der Waals surface area contributed by atoms with Gasteiger partial charge in [0.2, 0.25) is 5.91 Å². The van der Waals surface area contributed by atoms with Gasteiger partial charge < -0.3 is 10.2 Å². The first-order valence-electron chi connectivity index (χ1n) is 6.73. The molecule has 1 N–H and O–H groups in total. The highest BCUT2D eigenvalue weighted by Gasteiger charge is 2.24. The van der Waals surface area contributed by atoms with Gasteiger partial charge >= 0.3 is 0 Å². The number of nitrogens with one attached hydrogen (secondary N) is 1. The quantitative estimate of drug-likeness (QED) is 0.839. The number of hydrogen-bond donors (Lipinski definition) is 1. The highest BCUT2D eigenvalue weighted by molar-refractivity contribution is 6.01. The number of Topliss-reactive ketones (excluding diaryl/α,β-unsaturated/α-hetero) is 1. The van der Waals surface area contributed by atoms with E-state index in [2.05, 4.69) is 5.32 Å². The van der Waals surface area contributed by atoms with Crippen LogP contribution in [0.4, 0.5) is 5.69 Å². The van der Waals surface area contributed by atoms with Crippen LogP contribution in [0.1, 0.15) is 36.7 Å². The summed E-state index contributed by atoms with van der Waals surface area (Å²) in [6, 6.07) is 5.45. The van der Waals surface area contributed by atoms with Crippen molar-refractivity contribution in [3.05, 3.63) is 29.3 Å². The molecule has 4 nitrogen and oxygen atoms in total. The molecule has 1 unspecified atom stereocenters. The molecule has 19 heavy (non-hydrogen) atoms. The molecule has 0 aliphatic carbocycles. The molecule has 1 aromatic rings. The lowest BCUT2D eigenvalue weighted by molar-refractivity contribution is -0.116. The molecule has 0 aromatic heterocycles. The third kappa shape index (κ3) is 2.68. The lowest BCUT2D eigenvalue weighted by Crippen LogP contribution is -2.33. The molecule has 1 aliphatic heterocycles. The minimum absolute atomic E-state index is 0.0545. The van der Waals surface area contributed by atoms with E-state index in [-0.39, 0.29) is 17.7 Å². The van der Waals surface area contributed by atoms with Gasteiger partial charge in [0.1, 0.15) is 0 Å². The zero-order valence-electron chi connectivity index (χ0n) is 11.7. The van der Waals surface area contributed by atoms with Crippen molar-refractivity contribution in [2.24, 2.45) is 0 Å². The summed E-state index contributed by atoms with van der Waals surface area (Å²) in [6.45, 7) is 6.92. The van der Waals surface area contributed by atoms with E-state index in [1.807, 2.05) is 32.0 Å². The monoisotopic (exact) mass is 260 g/mol. The summed E-state index contributed by atoms with van der Waals surface area (Å²) in [5.41, 5.74) is 2.75. The van der Waals surface area contributed by atoms with E-state index in [4.69, 9.17) is 0 Å². The molecular weight excluding hydrogens is 240 g/mol. The van der Waals surface area contributed by atoms with Crippen LogP contribution in [0, 0.1) is 0 Å². The molecule has 4 heteroatoms. The maximum Gasteiger partial charge on any atom is 0.223 e. The summed E-state index contributed by atoms with van der Waals surface area (Å²) >= 11 is 0. The number of fused-ring (bicyclic) bond motifs is 1. The molecule has 1 atom stereocenters. The Morgan fingerprint density at radius 3 is 2.79 bits per heavy atom. The fourth-order valence-electron chi connectivity index (χ4n) is 2.53. The third-order valence-corrected chi connectivity index (χ3v) is 3.54. The van der Waals surface area contributed by atoms with Crippen molar-refractivity contribution in [3.8, 4) is 0 Å². The van der Waals surface area contributed by atoms with Crippen molar-refractivity contribution in [2.75, 3.05) is 18.0 Å². The Kier molecular flexibility index (Phi) is 4.00. The molecule has 1 aromatic carbocycles. The number of amides is 1. The average Bonchev–Trinajstić information content (AvgIpc) is 2.80. The van der Waals surface area contributed by atoms with Crippen LogP contribution >= 0.6 is 0 Å². The molecular formula is C15H20N2O2. The lowest BCUT2D eigenvalue weighted by atomic mass is 10.0. The van der Waals surface area contributed by atoms with Gasteiger partial charge in [-0.25, -0.2) is 0 Å². The SMILES string of the molecule is CCNC(C)C(=O)c1ccc2c(c1)CCN2C(C)=O. The summed E-state index contributed by atoms with van der Waals surface area (Å²) in [7, 11) is 0. The standard InChI is InChI=1S/C15H20N2O2/c1-4-16-10(2)15(19)13-5-6-14-12(9-13)7-8-17(14)11(3)18/h5-6,9-10,16H,4,7-8H2,1-3H3. The third-order valence-electron chi connectivity index (χ3n) is 3.54.